The number of aliphatic hydroxyl groups excluding tert-OH is 1. The van der Waals surface area contributed by atoms with Gasteiger partial charge < -0.3 is 19.7 Å². The van der Waals surface area contributed by atoms with E-state index in [9.17, 15) is 15.0 Å². The van der Waals surface area contributed by atoms with Crippen molar-refractivity contribution in [3.63, 3.8) is 0 Å². The van der Waals surface area contributed by atoms with E-state index in [2.05, 4.69) is 12.2 Å². The van der Waals surface area contributed by atoms with Crippen LogP contribution in [-0.4, -0.2) is 41.1 Å². The van der Waals surface area contributed by atoms with Gasteiger partial charge in [-0.15, -0.1) is 0 Å². The smallest absolute Gasteiger partial charge is 0.305 e. The number of halogens is 1. The minimum absolute atomic E-state index is 0.0988. The summed E-state index contributed by atoms with van der Waals surface area (Å²) in [5, 5.41) is 21.9. The van der Waals surface area contributed by atoms with Crippen molar-refractivity contribution in [2.75, 3.05) is 13.2 Å². The fraction of sp³-hybridized carbons (Fsp3) is 0.500. The Morgan fingerprint density at radius 1 is 1.25 bits per heavy atom. The highest BCUT2D eigenvalue weighted by atomic mass is 35.5. The van der Waals surface area contributed by atoms with E-state index >= 15 is 0 Å². The van der Waals surface area contributed by atoms with Gasteiger partial charge in [-0.2, -0.15) is 0 Å². The van der Waals surface area contributed by atoms with Crippen molar-refractivity contribution in [2.45, 2.75) is 57.7 Å². The van der Waals surface area contributed by atoms with E-state index in [1.165, 1.54) is 0 Å². The molecule has 2 rings (SSSR count). The molecule has 0 saturated carbocycles. The van der Waals surface area contributed by atoms with Gasteiger partial charge in [-0.1, -0.05) is 61.0 Å². The maximum absolute atomic E-state index is 11.4. The summed E-state index contributed by atoms with van der Waals surface area (Å²) in [5.41, 5.74) is -1.14. The molecule has 5 nitrogen and oxygen atoms in total. The van der Waals surface area contributed by atoms with Crippen LogP contribution in [0.5, 0.6) is 5.75 Å². The van der Waals surface area contributed by atoms with Crippen LogP contribution in [0.25, 0.3) is 0 Å². The van der Waals surface area contributed by atoms with Crippen molar-refractivity contribution in [3.8, 4) is 5.75 Å². The van der Waals surface area contributed by atoms with Gasteiger partial charge in [-0.3, -0.25) is 4.79 Å². The van der Waals surface area contributed by atoms with Crippen molar-refractivity contribution < 1.29 is 24.5 Å². The minimum atomic E-state index is -1.14. The van der Waals surface area contributed by atoms with E-state index < -0.39 is 11.7 Å². The second-order valence-electron chi connectivity index (χ2n) is 8.08. The summed E-state index contributed by atoms with van der Waals surface area (Å²) in [4.78, 5) is 11.4. The van der Waals surface area contributed by atoms with Gasteiger partial charge in [0.15, 0.2) is 0 Å². The molecule has 0 fully saturated rings. The molecule has 1 aliphatic rings. The Morgan fingerprint density at radius 3 is 2.78 bits per heavy atom. The molecule has 0 heterocycles. The normalized spacial score (nSPS) is 22.5. The number of hydrogen-bond donors (Lipinski definition) is 2. The first kappa shape index (κ1) is 26.2. The first-order valence-corrected chi connectivity index (χ1v) is 11.7. The number of aliphatic hydroxyl groups is 2. The van der Waals surface area contributed by atoms with E-state index in [1.807, 2.05) is 25.2 Å². The number of unbranched alkanes of at least 4 members (excludes halogenated alkanes) is 1. The number of allylic oxidation sites excluding steroid dienone is 3. The van der Waals surface area contributed by atoms with Crippen LogP contribution >= 0.6 is 11.6 Å². The molecule has 2 N–H and O–H groups in total. The number of esters is 1. The molecule has 0 aromatic heterocycles. The largest absolute Gasteiger partial charge is 0.490 e. The van der Waals surface area contributed by atoms with Crippen LogP contribution in [0.15, 0.2) is 60.7 Å². The summed E-state index contributed by atoms with van der Waals surface area (Å²) in [5.74, 6) is 0.489. The van der Waals surface area contributed by atoms with Gasteiger partial charge in [0, 0.05) is 17.4 Å². The Bertz CT molecular complexity index is 803. The first-order chi connectivity index (χ1) is 15.4. The van der Waals surface area contributed by atoms with Crippen molar-refractivity contribution in [1.82, 2.24) is 0 Å². The summed E-state index contributed by atoms with van der Waals surface area (Å²) in [6.45, 7) is 4.22. The summed E-state index contributed by atoms with van der Waals surface area (Å²) in [7, 11) is 0. The quantitative estimate of drug-likeness (QED) is 0.237. The van der Waals surface area contributed by atoms with Crippen LogP contribution in [0, 0.1) is 11.8 Å². The van der Waals surface area contributed by atoms with Crippen molar-refractivity contribution in [3.05, 3.63) is 65.7 Å². The highest BCUT2D eigenvalue weighted by Gasteiger charge is 2.29. The second-order valence-corrected chi connectivity index (χ2v) is 8.52. The Hall–Kier alpha value is -2.08. The lowest BCUT2D eigenvalue weighted by Gasteiger charge is -2.25. The van der Waals surface area contributed by atoms with E-state index in [-0.39, 0.29) is 24.4 Å². The SMILES string of the molecule is CCOC(=O)CCCC=CC[C@H]1C=C[C@@H](O)[C@@H]1C=CC(O)(CC)COc1cccc(Cl)c1. The molecule has 0 amide bonds. The maximum atomic E-state index is 11.4. The summed E-state index contributed by atoms with van der Waals surface area (Å²) < 4.78 is 10.7. The zero-order valence-electron chi connectivity index (χ0n) is 19.0. The van der Waals surface area contributed by atoms with Crippen molar-refractivity contribution in [1.29, 1.82) is 0 Å². The third kappa shape index (κ3) is 8.81. The standard InChI is InChI=1S/C26H35ClO5/c1-3-26(30,19-32-22-12-9-11-21(27)18-22)17-16-23-20(14-15-24(23)28)10-7-5-6-8-13-25(29)31-4-2/h5,7,9,11-12,14-18,20,23-24,28,30H,3-4,6,8,10,13,19H2,1-2H3/t20-,23+,24+,26?/m0/s1. The predicted molar refractivity (Wildman–Crippen MR) is 128 cm³/mol. The highest BCUT2D eigenvalue weighted by Crippen LogP contribution is 2.31. The van der Waals surface area contributed by atoms with Crippen molar-refractivity contribution >= 4 is 17.6 Å². The highest BCUT2D eigenvalue weighted by molar-refractivity contribution is 6.30. The van der Waals surface area contributed by atoms with Gasteiger partial charge in [0.2, 0.25) is 0 Å². The summed E-state index contributed by atoms with van der Waals surface area (Å²) in [6, 6.07) is 7.07. The summed E-state index contributed by atoms with van der Waals surface area (Å²) in [6.07, 6.45) is 14.3. The van der Waals surface area contributed by atoms with E-state index in [1.54, 1.807) is 37.3 Å². The van der Waals surface area contributed by atoms with E-state index in [0.29, 0.717) is 30.2 Å². The lowest BCUT2D eigenvalue weighted by molar-refractivity contribution is -0.143. The third-order valence-corrected chi connectivity index (χ3v) is 5.84. The zero-order chi connectivity index (χ0) is 23.4. The molecule has 0 bridgehead atoms. The molecule has 0 spiro atoms. The minimum Gasteiger partial charge on any atom is -0.490 e. The fourth-order valence-electron chi connectivity index (χ4n) is 3.55. The number of rotatable bonds is 13. The average molecular weight is 463 g/mol. The topological polar surface area (TPSA) is 76.0 Å². The molecule has 1 unspecified atom stereocenters. The number of hydrogen-bond acceptors (Lipinski definition) is 5. The van der Waals surface area contributed by atoms with Gasteiger partial charge in [0.05, 0.1) is 12.7 Å². The average Bonchev–Trinajstić information content (AvgIpc) is 3.13. The maximum Gasteiger partial charge on any atom is 0.305 e. The molecule has 4 atom stereocenters. The monoisotopic (exact) mass is 462 g/mol. The molecule has 0 aliphatic heterocycles. The Morgan fingerprint density at radius 2 is 2.06 bits per heavy atom. The number of carbonyl (C=O) groups excluding carboxylic acids is 1. The van der Waals surface area contributed by atoms with Crippen LogP contribution in [0.1, 0.15) is 46.0 Å². The zero-order valence-corrected chi connectivity index (χ0v) is 19.7. The van der Waals surface area contributed by atoms with Gasteiger partial charge in [-0.25, -0.2) is 0 Å². The Balaban J connectivity index is 1.86. The lowest BCUT2D eigenvalue weighted by Crippen LogP contribution is -2.33. The van der Waals surface area contributed by atoms with Crippen LogP contribution in [-0.2, 0) is 9.53 Å². The molecule has 176 valence electrons. The molecule has 0 saturated heterocycles. The van der Waals surface area contributed by atoms with Crippen LogP contribution in [0.2, 0.25) is 5.02 Å². The molecule has 1 aromatic carbocycles. The van der Waals surface area contributed by atoms with Gasteiger partial charge in [0.25, 0.3) is 0 Å². The van der Waals surface area contributed by atoms with Crippen LogP contribution < -0.4 is 4.74 Å². The van der Waals surface area contributed by atoms with Crippen molar-refractivity contribution in [2.24, 2.45) is 11.8 Å². The molecule has 0 radical (unpaired) electrons. The van der Waals surface area contributed by atoms with Gasteiger partial charge in [0.1, 0.15) is 18.0 Å². The van der Waals surface area contributed by atoms with Crippen LogP contribution in [0.3, 0.4) is 0 Å². The number of ether oxygens (including phenoxy) is 2. The first-order valence-electron chi connectivity index (χ1n) is 11.3. The second kappa shape index (κ2) is 13.5. The molecule has 6 heteroatoms. The molecule has 32 heavy (non-hydrogen) atoms. The van der Waals surface area contributed by atoms with E-state index in [0.717, 1.165) is 19.3 Å². The van der Waals surface area contributed by atoms with Gasteiger partial charge >= 0.3 is 5.97 Å². The number of carbonyl (C=O) groups is 1. The number of benzene rings is 1. The Labute approximate surface area is 196 Å². The predicted octanol–water partition coefficient (Wildman–Crippen LogP) is 5.26. The van der Waals surface area contributed by atoms with E-state index in [4.69, 9.17) is 21.1 Å². The lowest BCUT2D eigenvalue weighted by atomic mass is 9.88. The third-order valence-electron chi connectivity index (χ3n) is 5.60. The fourth-order valence-corrected chi connectivity index (χ4v) is 3.73. The summed E-state index contributed by atoms with van der Waals surface area (Å²) >= 11 is 5.99. The molecular formula is C26H35ClO5. The Kier molecular flexibility index (Phi) is 11.0. The molecular weight excluding hydrogens is 428 g/mol. The molecule has 1 aliphatic carbocycles. The van der Waals surface area contributed by atoms with Gasteiger partial charge in [-0.05, 0) is 56.7 Å². The van der Waals surface area contributed by atoms with Crippen LogP contribution in [0.4, 0.5) is 0 Å². The molecule has 1 aromatic rings.